The number of hydrogen-bond acceptors (Lipinski definition) is 10. The van der Waals surface area contributed by atoms with Gasteiger partial charge in [-0.25, -0.2) is 0 Å². The Morgan fingerprint density at radius 3 is 2.42 bits per heavy atom. The number of thiophene rings is 2. The van der Waals surface area contributed by atoms with Crippen molar-refractivity contribution in [3.8, 4) is 6.07 Å². The average molecular weight is 593 g/mol. The first-order chi connectivity index (χ1) is 19.2. The third-order valence-corrected chi connectivity index (χ3v) is 8.72. The summed E-state index contributed by atoms with van der Waals surface area (Å²) in [6.45, 7) is 11.3. The smallest absolute Gasteiger partial charge is 0.261 e. The number of nitriles is 1. The molecule has 0 aliphatic heterocycles. The molecule has 12 heteroatoms. The number of fused-ring (bicyclic) bond motifs is 2. The standard InChI is InChI=1S/C19H24N4O2S2.C7H14N2.C2H6.H4N2/c1-11(23-6-7-24)10-19(18(20)21)12-5-8-26-14(12)3-4-15-13(19)9-16(27-15)17(25)22-2;1-4-5-9(3)7(2)6-8;2*1-2/h5,7-9,11,23H,3-4,6,10H2,1-2H3,(H3,20,21)(H,22,25);7H,4-5H2,1-3H3;1-2H3;1-2H2/t11-,19?;7-;;/m10../s1. The molecule has 0 spiro atoms. The van der Waals surface area contributed by atoms with E-state index in [-0.39, 0.29) is 30.4 Å². The van der Waals surface area contributed by atoms with E-state index < -0.39 is 5.41 Å². The monoisotopic (exact) mass is 592 g/mol. The normalized spacial score (nSPS) is 16.4. The number of amides is 1. The van der Waals surface area contributed by atoms with E-state index in [1.807, 2.05) is 51.1 Å². The minimum absolute atomic E-state index is 0.0267. The Kier molecular flexibility index (Phi) is 18.1. The molecular weight excluding hydrogens is 544 g/mol. The topological polar surface area (TPSA) is 187 Å². The second kappa shape index (κ2) is 19.4. The van der Waals surface area contributed by atoms with Gasteiger partial charge in [-0.2, -0.15) is 5.26 Å². The average Bonchev–Trinajstić information content (AvgIpc) is 3.61. The number of nitrogens with zero attached hydrogens (tertiary/aromatic N) is 2. The molecule has 3 atom stereocenters. The van der Waals surface area contributed by atoms with E-state index in [1.54, 1.807) is 18.4 Å². The summed E-state index contributed by atoms with van der Waals surface area (Å²) in [6, 6.07) is 6.17. The van der Waals surface area contributed by atoms with Gasteiger partial charge in [0.15, 0.2) is 0 Å². The molecule has 0 saturated carbocycles. The second-order valence-corrected chi connectivity index (χ2v) is 11.2. The van der Waals surface area contributed by atoms with Gasteiger partial charge in [0.25, 0.3) is 5.91 Å². The first kappa shape index (κ1) is 37.3. The Morgan fingerprint density at radius 2 is 1.90 bits per heavy atom. The van der Waals surface area contributed by atoms with Crippen molar-refractivity contribution in [1.82, 2.24) is 15.5 Å². The molecule has 1 unspecified atom stereocenters. The number of nitrogens with two attached hydrogens (primary N) is 3. The number of nitrogens with one attached hydrogen (secondary N) is 3. The van der Waals surface area contributed by atoms with Crippen LogP contribution < -0.4 is 28.1 Å². The summed E-state index contributed by atoms with van der Waals surface area (Å²) >= 11 is 3.17. The molecular formula is C28H48N8O2S2. The van der Waals surface area contributed by atoms with Crippen LogP contribution in [0.15, 0.2) is 17.5 Å². The van der Waals surface area contributed by atoms with Gasteiger partial charge in [0.2, 0.25) is 0 Å². The highest BCUT2D eigenvalue weighted by Crippen LogP contribution is 2.47. The van der Waals surface area contributed by atoms with Crippen LogP contribution >= 0.6 is 22.7 Å². The highest BCUT2D eigenvalue weighted by atomic mass is 32.1. The fourth-order valence-electron chi connectivity index (χ4n) is 4.54. The van der Waals surface area contributed by atoms with Crippen molar-refractivity contribution in [1.29, 1.82) is 10.7 Å². The third-order valence-electron chi connectivity index (χ3n) is 6.55. The number of amidine groups is 1. The van der Waals surface area contributed by atoms with Crippen molar-refractivity contribution in [2.24, 2.45) is 17.4 Å². The van der Waals surface area contributed by atoms with Gasteiger partial charge in [-0.3, -0.25) is 26.8 Å². The first-order valence-corrected chi connectivity index (χ1v) is 15.2. The van der Waals surface area contributed by atoms with Crippen molar-refractivity contribution in [3.05, 3.63) is 43.3 Å². The summed E-state index contributed by atoms with van der Waals surface area (Å²) in [6.07, 6.45) is 4.20. The second-order valence-electron chi connectivity index (χ2n) is 9.07. The lowest BCUT2D eigenvalue weighted by atomic mass is 9.70. The van der Waals surface area contributed by atoms with Crippen molar-refractivity contribution in [3.63, 3.8) is 0 Å². The number of aldehydes is 1. The highest BCUT2D eigenvalue weighted by molar-refractivity contribution is 7.14. The molecule has 0 radical (unpaired) electrons. The Hall–Kier alpha value is -2.66. The molecule has 1 amide bonds. The molecule has 0 fully saturated rings. The molecule has 2 aromatic rings. The molecule has 3 rings (SSSR count). The van der Waals surface area contributed by atoms with E-state index in [0.717, 1.165) is 48.1 Å². The SMILES string of the molecule is CC.CCCN(C)[C@@H](C)C#N.CNC(=O)c1cc2c(s1)CCc1sccc1C2(C[C@@H](C)NCC=O)C(=N)N.NN. The Morgan fingerprint density at radius 1 is 1.27 bits per heavy atom. The van der Waals surface area contributed by atoms with Crippen LogP contribution in [0.2, 0.25) is 0 Å². The summed E-state index contributed by atoms with van der Waals surface area (Å²) in [4.78, 5) is 28.0. The fraction of sp³-hybridized carbons (Fsp3) is 0.571. The number of hydrazine groups is 1. The lowest BCUT2D eigenvalue weighted by molar-refractivity contribution is -0.107. The highest BCUT2D eigenvalue weighted by Gasteiger charge is 2.45. The molecule has 0 bridgehead atoms. The van der Waals surface area contributed by atoms with Crippen LogP contribution in [-0.2, 0) is 23.1 Å². The molecule has 1 aliphatic carbocycles. The molecule has 224 valence electrons. The van der Waals surface area contributed by atoms with E-state index >= 15 is 0 Å². The van der Waals surface area contributed by atoms with Gasteiger partial charge in [-0.05, 0) is 81.8 Å². The largest absolute Gasteiger partial charge is 0.387 e. The van der Waals surface area contributed by atoms with E-state index in [0.29, 0.717) is 11.3 Å². The maximum atomic E-state index is 12.2. The zero-order chi connectivity index (χ0) is 30.9. The summed E-state index contributed by atoms with van der Waals surface area (Å²) in [7, 11) is 3.59. The number of rotatable bonds is 10. The van der Waals surface area contributed by atoms with Crippen LogP contribution in [0.1, 0.15) is 78.0 Å². The summed E-state index contributed by atoms with van der Waals surface area (Å²) in [5.74, 6) is 7.95. The zero-order valence-electron chi connectivity index (χ0n) is 25.0. The van der Waals surface area contributed by atoms with Gasteiger partial charge in [-0.1, -0.05) is 20.8 Å². The van der Waals surface area contributed by atoms with Gasteiger partial charge in [0.05, 0.1) is 28.9 Å². The lowest BCUT2D eigenvalue weighted by Gasteiger charge is -2.35. The molecule has 2 heterocycles. The molecule has 0 saturated heterocycles. The predicted octanol–water partition coefficient (Wildman–Crippen LogP) is 3.14. The lowest BCUT2D eigenvalue weighted by Crippen LogP contribution is -2.47. The molecule has 1 aliphatic rings. The van der Waals surface area contributed by atoms with Crippen molar-refractivity contribution >= 4 is 40.7 Å². The first-order valence-electron chi connectivity index (χ1n) is 13.5. The summed E-state index contributed by atoms with van der Waals surface area (Å²) in [5.41, 5.74) is 7.47. The van der Waals surface area contributed by atoms with Crippen molar-refractivity contribution in [2.45, 2.75) is 77.8 Å². The fourth-order valence-corrected chi connectivity index (χ4v) is 6.68. The Labute approximate surface area is 247 Å². The quantitative estimate of drug-likeness (QED) is 0.0798. The van der Waals surface area contributed by atoms with E-state index in [4.69, 9.17) is 16.4 Å². The van der Waals surface area contributed by atoms with Gasteiger partial charge in [0.1, 0.15) is 12.1 Å². The van der Waals surface area contributed by atoms with E-state index in [2.05, 4.69) is 41.4 Å². The van der Waals surface area contributed by atoms with Gasteiger partial charge in [-0.15, -0.1) is 22.7 Å². The number of carbonyl (C=O) groups is 2. The minimum atomic E-state index is -0.792. The Balaban J connectivity index is 0.000000991. The van der Waals surface area contributed by atoms with Gasteiger partial charge in [0, 0.05) is 22.8 Å². The van der Waals surface area contributed by atoms with Crippen LogP contribution in [0.25, 0.3) is 0 Å². The van der Waals surface area contributed by atoms with Crippen LogP contribution in [0.4, 0.5) is 0 Å². The van der Waals surface area contributed by atoms with Crippen LogP contribution in [0, 0.1) is 16.7 Å². The van der Waals surface area contributed by atoms with Crippen LogP contribution in [0.5, 0.6) is 0 Å². The summed E-state index contributed by atoms with van der Waals surface area (Å²) < 4.78 is 0. The zero-order valence-corrected chi connectivity index (χ0v) is 26.6. The van der Waals surface area contributed by atoms with E-state index in [1.165, 1.54) is 16.2 Å². The third kappa shape index (κ3) is 9.47. The predicted molar refractivity (Wildman–Crippen MR) is 168 cm³/mol. The van der Waals surface area contributed by atoms with Crippen LogP contribution in [-0.4, -0.2) is 62.2 Å². The molecule has 40 heavy (non-hydrogen) atoms. The minimum Gasteiger partial charge on any atom is -0.387 e. The molecule has 10 nitrogen and oxygen atoms in total. The number of hydrogen-bond donors (Lipinski definition) is 6. The van der Waals surface area contributed by atoms with Gasteiger partial charge < -0.3 is 21.2 Å². The van der Waals surface area contributed by atoms with Crippen molar-refractivity contribution in [2.75, 3.05) is 27.2 Å². The van der Waals surface area contributed by atoms with Gasteiger partial charge >= 0.3 is 0 Å². The number of aryl methyl sites for hydroxylation is 2. The summed E-state index contributed by atoms with van der Waals surface area (Å²) in [5, 5.41) is 24.9. The maximum Gasteiger partial charge on any atom is 0.261 e. The molecule has 0 aromatic carbocycles. The van der Waals surface area contributed by atoms with E-state index in [9.17, 15) is 9.59 Å². The molecule has 2 aromatic heterocycles. The maximum absolute atomic E-state index is 12.2. The van der Waals surface area contributed by atoms with Crippen LogP contribution in [0.3, 0.4) is 0 Å². The van der Waals surface area contributed by atoms with Crippen molar-refractivity contribution < 1.29 is 9.59 Å². The number of carbonyl (C=O) groups excluding carboxylic acids is 2. The Bertz CT molecular complexity index is 1090. The molecule has 9 N–H and O–H groups in total.